The molecule has 0 aromatic carbocycles. The highest BCUT2D eigenvalue weighted by atomic mass is 16.5. The van der Waals surface area contributed by atoms with Gasteiger partial charge in [0.05, 0.1) is 18.9 Å². The van der Waals surface area contributed by atoms with Crippen LogP contribution in [0.15, 0.2) is 39.7 Å². The molecule has 2 atom stereocenters. The van der Waals surface area contributed by atoms with E-state index in [1.165, 1.54) is 0 Å². The van der Waals surface area contributed by atoms with Crippen molar-refractivity contribution in [3.63, 3.8) is 0 Å². The Morgan fingerprint density at radius 3 is 2.73 bits per heavy atom. The van der Waals surface area contributed by atoms with Crippen LogP contribution in [-0.2, 0) is 17.8 Å². The first kappa shape index (κ1) is 19.6. The lowest BCUT2D eigenvalue weighted by atomic mass is 9.83. The zero-order valence-corrected chi connectivity index (χ0v) is 17.5. The predicted molar refractivity (Wildman–Crippen MR) is 111 cm³/mol. The number of fused-ring (bicyclic) bond motifs is 4. The SMILES string of the molecule is COC1CCN(C(=O)c2ccc3n(c2=O)C[C@H]2C[C@@H]3CN(Cc3ccco3)C2)CC1. The molecule has 2 aromatic rings. The van der Waals surface area contributed by atoms with Crippen molar-refractivity contribution in [3.05, 3.63) is 57.9 Å². The number of nitrogens with zero attached hydrogens (tertiary/aromatic N) is 3. The molecule has 0 spiro atoms. The van der Waals surface area contributed by atoms with E-state index < -0.39 is 0 Å². The summed E-state index contributed by atoms with van der Waals surface area (Å²) >= 11 is 0. The highest BCUT2D eigenvalue weighted by Crippen LogP contribution is 2.35. The molecule has 2 bridgehead atoms. The number of ether oxygens (including phenoxy) is 1. The van der Waals surface area contributed by atoms with E-state index in [9.17, 15) is 9.59 Å². The van der Waals surface area contributed by atoms with Crippen LogP contribution in [0.5, 0.6) is 0 Å². The van der Waals surface area contributed by atoms with Crippen molar-refractivity contribution < 1.29 is 13.9 Å². The number of aromatic nitrogens is 1. The number of amides is 1. The summed E-state index contributed by atoms with van der Waals surface area (Å²) in [5.74, 6) is 1.58. The number of hydrogen-bond donors (Lipinski definition) is 0. The van der Waals surface area contributed by atoms with Crippen molar-refractivity contribution in [1.82, 2.24) is 14.4 Å². The minimum Gasteiger partial charge on any atom is -0.468 e. The summed E-state index contributed by atoms with van der Waals surface area (Å²) in [5.41, 5.74) is 1.25. The molecule has 7 heteroatoms. The van der Waals surface area contributed by atoms with Gasteiger partial charge in [0.1, 0.15) is 11.3 Å². The molecule has 3 aliphatic heterocycles. The van der Waals surface area contributed by atoms with Crippen LogP contribution < -0.4 is 5.56 Å². The van der Waals surface area contributed by atoms with Crippen LogP contribution in [0.1, 0.15) is 47.0 Å². The van der Waals surface area contributed by atoms with E-state index in [1.807, 2.05) is 22.8 Å². The molecule has 0 aliphatic carbocycles. The zero-order chi connectivity index (χ0) is 20.7. The van der Waals surface area contributed by atoms with Crippen LogP contribution in [-0.4, -0.2) is 59.7 Å². The van der Waals surface area contributed by atoms with Gasteiger partial charge < -0.3 is 18.6 Å². The van der Waals surface area contributed by atoms with Crippen LogP contribution >= 0.6 is 0 Å². The Kier molecular flexibility index (Phi) is 5.25. The third-order valence-corrected chi connectivity index (χ3v) is 6.93. The standard InChI is InChI=1S/C23H29N3O4/c1-29-18-6-8-25(9-7-18)22(27)20-4-5-21-17-11-16(13-26(21)23(20)28)12-24(14-17)15-19-3-2-10-30-19/h2-5,10,16-18H,6-9,11-15H2,1H3/t16-,17+/m0/s1. The molecular weight excluding hydrogens is 382 g/mol. The average Bonchev–Trinajstić information content (AvgIpc) is 3.27. The van der Waals surface area contributed by atoms with E-state index in [1.54, 1.807) is 24.3 Å². The summed E-state index contributed by atoms with van der Waals surface area (Å²) in [6.07, 6.45) is 4.67. The summed E-state index contributed by atoms with van der Waals surface area (Å²) in [5, 5.41) is 0. The monoisotopic (exact) mass is 411 g/mol. The Hall–Kier alpha value is -2.38. The largest absolute Gasteiger partial charge is 0.468 e. The highest BCUT2D eigenvalue weighted by Gasteiger charge is 2.36. The van der Waals surface area contributed by atoms with E-state index >= 15 is 0 Å². The summed E-state index contributed by atoms with van der Waals surface area (Å²) in [4.78, 5) is 30.5. The second-order valence-corrected chi connectivity index (χ2v) is 8.89. The van der Waals surface area contributed by atoms with Crippen molar-refractivity contribution in [3.8, 4) is 0 Å². The number of piperidine rings is 2. The van der Waals surface area contributed by atoms with Gasteiger partial charge in [-0.1, -0.05) is 0 Å². The second kappa shape index (κ2) is 8.04. The maximum atomic E-state index is 13.2. The van der Waals surface area contributed by atoms with Gasteiger partial charge in [-0.05, 0) is 49.4 Å². The molecule has 0 radical (unpaired) electrons. The van der Waals surface area contributed by atoms with Crippen LogP contribution in [0.2, 0.25) is 0 Å². The third kappa shape index (κ3) is 3.61. The molecular formula is C23H29N3O4. The van der Waals surface area contributed by atoms with Gasteiger partial charge in [-0.25, -0.2) is 0 Å². The molecule has 2 aromatic heterocycles. The van der Waals surface area contributed by atoms with E-state index in [0.29, 0.717) is 37.0 Å². The first-order chi connectivity index (χ1) is 14.6. The molecule has 7 nitrogen and oxygen atoms in total. The minimum atomic E-state index is -0.139. The molecule has 3 aliphatic rings. The van der Waals surface area contributed by atoms with Crippen molar-refractivity contribution in [2.75, 3.05) is 33.3 Å². The van der Waals surface area contributed by atoms with E-state index in [2.05, 4.69) is 4.90 Å². The smallest absolute Gasteiger partial charge is 0.263 e. The van der Waals surface area contributed by atoms with Crippen LogP contribution in [0, 0.1) is 5.92 Å². The lowest BCUT2D eigenvalue weighted by Crippen LogP contribution is -2.48. The fourth-order valence-electron chi connectivity index (χ4n) is 5.42. The van der Waals surface area contributed by atoms with E-state index in [0.717, 1.165) is 50.4 Å². The van der Waals surface area contributed by atoms with Crippen molar-refractivity contribution >= 4 is 5.91 Å². The Labute approximate surface area is 176 Å². The van der Waals surface area contributed by atoms with E-state index in [-0.39, 0.29) is 17.6 Å². The molecule has 0 saturated carbocycles. The number of pyridine rings is 1. The fourth-order valence-corrected chi connectivity index (χ4v) is 5.42. The average molecular weight is 412 g/mol. The van der Waals surface area contributed by atoms with Gasteiger partial charge in [0.2, 0.25) is 0 Å². The summed E-state index contributed by atoms with van der Waals surface area (Å²) in [7, 11) is 1.71. The van der Waals surface area contributed by atoms with Gasteiger partial charge in [-0.3, -0.25) is 14.5 Å². The van der Waals surface area contributed by atoms with Gasteiger partial charge >= 0.3 is 0 Å². The first-order valence-electron chi connectivity index (χ1n) is 10.9. The number of carbonyl (C=O) groups excluding carboxylic acids is 1. The number of hydrogen-bond acceptors (Lipinski definition) is 5. The van der Waals surface area contributed by atoms with Gasteiger partial charge in [0.25, 0.3) is 11.5 Å². The fraction of sp³-hybridized carbons (Fsp3) is 0.565. The molecule has 5 heterocycles. The molecule has 1 amide bonds. The quantitative estimate of drug-likeness (QED) is 0.772. The lowest BCUT2D eigenvalue weighted by molar-refractivity contribution is 0.0349. The Morgan fingerprint density at radius 2 is 2.00 bits per heavy atom. The first-order valence-corrected chi connectivity index (χ1v) is 10.9. The number of furan rings is 1. The number of likely N-dealkylation sites (tertiary alicyclic amines) is 2. The summed E-state index contributed by atoms with van der Waals surface area (Å²) in [6.45, 7) is 4.64. The van der Waals surface area contributed by atoms with E-state index in [4.69, 9.17) is 9.15 Å². The maximum Gasteiger partial charge on any atom is 0.263 e. The Morgan fingerprint density at radius 1 is 1.17 bits per heavy atom. The number of rotatable bonds is 4. The molecule has 5 rings (SSSR count). The second-order valence-electron chi connectivity index (χ2n) is 8.89. The van der Waals surface area contributed by atoms with Crippen LogP contribution in [0.25, 0.3) is 0 Å². The third-order valence-electron chi connectivity index (χ3n) is 6.93. The molecule has 2 saturated heterocycles. The van der Waals surface area contributed by atoms with Gasteiger partial charge in [-0.2, -0.15) is 0 Å². The number of carbonyl (C=O) groups is 1. The van der Waals surface area contributed by atoms with Gasteiger partial charge in [0.15, 0.2) is 0 Å². The van der Waals surface area contributed by atoms with Gasteiger partial charge in [0, 0.05) is 51.4 Å². The van der Waals surface area contributed by atoms with Crippen LogP contribution in [0.3, 0.4) is 0 Å². The molecule has 2 fully saturated rings. The van der Waals surface area contributed by atoms with Crippen molar-refractivity contribution in [1.29, 1.82) is 0 Å². The predicted octanol–water partition coefficient (Wildman–Crippen LogP) is 2.31. The van der Waals surface area contributed by atoms with Crippen molar-refractivity contribution in [2.24, 2.45) is 5.92 Å². The minimum absolute atomic E-state index is 0.124. The lowest BCUT2D eigenvalue weighted by Gasteiger charge is -2.42. The highest BCUT2D eigenvalue weighted by molar-refractivity contribution is 5.94. The van der Waals surface area contributed by atoms with Crippen molar-refractivity contribution in [2.45, 2.75) is 44.4 Å². The van der Waals surface area contributed by atoms with Crippen LogP contribution in [0.4, 0.5) is 0 Å². The molecule has 0 unspecified atom stereocenters. The molecule has 160 valence electrons. The molecule has 0 N–H and O–H groups in total. The summed E-state index contributed by atoms with van der Waals surface area (Å²) in [6, 6.07) is 7.69. The maximum absolute atomic E-state index is 13.2. The Bertz CT molecular complexity index is 959. The zero-order valence-electron chi connectivity index (χ0n) is 17.5. The normalized spacial score (nSPS) is 24.6. The summed E-state index contributed by atoms with van der Waals surface area (Å²) < 4.78 is 12.8. The van der Waals surface area contributed by atoms with Gasteiger partial charge in [-0.15, -0.1) is 0 Å². The molecule has 30 heavy (non-hydrogen) atoms. The number of methoxy groups -OCH3 is 1. The topological polar surface area (TPSA) is 67.9 Å². The Balaban J connectivity index is 1.34.